The number of nitrogens with one attached hydrogen (secondary N) is 1. The summed E-state index contributed by atoms with van der Waals surface area (Å²) in [5.74, 6) is 0. The first-order chi connectivity index (χ1) is 16.1. The Hall–Kier alpha value is -1.75. The first-order valence-electron chi connectivity index (χ1n) is 9.88. The highest BCUT2D eigenvalue weighted by Gasteiger charge is 2.46. The first kappa shape index (κ1) is 27.8. The summed E-state index contributed by atoms with van der Waals surface area (Å²) in [5.41, 5.74) is -5.46. The van der Waals surface area contributed by atoms with Crippen LogP contribution in [0.15, 0.2) is 57.2 Å². The monoisotopic (exact) mass is 576 g/mol. The maximum absolute atomic E-state index is 13.3. The van der Waals surface area contributed by atoms with E-state index in [2.05, 4.69) is 0 Å². The summed E-state index contributed by atoms with van der Waals surface area (Å²) in [6.45, 7) is 1.47. The molecule has 1 aliphatic heterocycles. The minimum atomic E-state index is -5.62. The van der Waals surface area contributed by atoms with E-state index in [9.17, 15) is 38.4 Å². The second-order valence-corrected chi connectivity index (χ2v) is 13.4. The average Bonchev–Trinajstić information content (AvgIpc) is 2.78. The summed E-state index contributed by atoms with van der Waals surface area (Å²) in [4.78, 5) is -1.41. The summed E-state index contributed by atoms with van der Waals surface area (Å²) in [7, 11) is -14.3. The molecule has 0 aliphatic carbocycles. The number of hydrogen-bond acceptors (Lipinski definition) is 7. The minimum Gasteiger partial charge on any atom is -0.379 e. The lowest BCUT2D eigenvalue weighted by atomic mass is 10.1. The number of nitrogens with zero attached hydrogens (tertiary/aromatic N) is 1. The summed E-state index contributed by atoms with van der Waals surface area (Å²) in [6, 6.07) is 6.32. The van der Waals surface area contributed by atoms with Gasteiger partial charge in [-0.25, -0.2) is 30.0 Å². The molecule has 1 heterocycles. The van der Waals surface area contributed by atoms with E-state index >= 15 is 0 Å². The van der Waals surface area contributed by atoms with E-state index in [1.807, 2.05) is 0 Å². The van der Waals surface area contributed by atoms with Crippen molar-refractivity contribution in [2.45, 2.75) is 33.2 Å². The van der Waals surface area contributed by atoms with Crippen LogP contribution in [-0.4, -0.2) is 61.4 Å². The van der Waals surface area contributed by atoms with Crippen molar-refractivity contribution in [2.75, 3.05) is 26.3 Å². The Balaban J connectivity index is 1.98. The average molecular weight is 577 g/mol. The number of halogens is 4. The van der Waals surface area contributed by atoms with Gasteiger partial charge < -0.3 is 4.74 Å². The maximum Gasteiger partial charge on any atom is 0.511 e. The van der Waals surface area contributed by atoms with Crippen molar-refractivity contribution in [2.24, 2.45) is 0 Å². The number of hydrogen-bond donors (Lipinski definition) is 1. The number of morpholine rings is 1. The number of benzene rings is 2. The molecule has 2 aromatic carbocycles. The molecule has 0 saturated carbocycles. The molecule has 1 aliphatic rings. The Morgan fingerprint density at radius 3 is 2.06 bits per heavy atom. The minimum absolute atomic E-state index is 0.00287. The van der Waals surface area contributed by atoms with Gasteiger partial charge in [0, 0.05) is 24.2 Å². The molecule has 3 rings (SSSR count). The summed E-state index contributed by atoms with van der Waals surface area (Å²) in [6.07, 6.45) is 0. The molecule has 1 fully saturated rings. The normalized spacial score (nSPS) is 17.3. The van der Waals surface area contributed by atoms with Crippen LogP contribution in [0.3, 0.4) is 0 Å². The van der Waals surface area contributed by atoms with Gasteiger partial charge in [-0.05, 0) is 42.8 Å². The second kappa shape index (κ2) is 9.95. The zero-order valence-electron chi connectivity index (χ0n) is 18.0. The van der Waals surface area contributed by atoms with Gasteiger partial charge in [-0.3, -0.25) is 0 Å². The van der Waals surface area contributed by atoms with E-state index in [0.29, 0.717) is 0 Å². The topological polar surface area (TPSA) is 127 Å². The largest absolute Gasteiger partial charge is 0.511 e. The van der Waals surface area contributed by atoms with E-state index < -0.39 is 51.2 Å². The number of sulfone groups is 1. The molecule has 1 saturated heterocycles. The molecule has 194 valence electrons. The van der Waals surface area contributed by atoms with Crippen molar-refractivity contribution in [1.82, 2.24) is 9.03 Å². The van der Waals surface area contributed by atoms with Crippen molar-refractivity contribution in [3.05, 3.63) is 53.1 Å². The molecule has 0 radical (unpaired) electrons. The summed E-state index contributed by atoms with van der Waals surface area (Å²) >= 11 is 5.96. The fraction of sp³-hybridized carbons (Fsp3) is 0.368. The molecule has 1 atom stereocenters. The molecule has 0 unspecified atom stereocenters. The third kappa shape index (κ3) is 5.81. The Bertz CT molecular complexity index is 1410. The second-order valence-electron chi connectivity index (χ2n) is 7.47. The lowest BCUT2D eigenvalue weighted by Crippen LogP contribution is -2.41. The standard InChI is InChI=1S/C19H20ClF3N2O7S3/c1-13(24-35(30,31)19(21,22)23)14-2-5-16(6-3-14)33(26,27)17-7-4-15(20)12-18(17)34(28,29)25-8-10-32-11-9-25/h2-7,12-13,24H,8-11H2,1H3/t13-/m0/s1. The quantitative estimate of drug-likeness (QED) is 0.537. The van der Waals surface area contributed by atoms with E-state index in [-0.39, 0.29) is 41.8 Å². The summed E-state index contributed by atoms with van der Waals surface area (Å²) < 4.78 is 121. The highest BCUT2D eigenvalue weighted by Crippen LogP contribution is 2.32. The highest BCUT2D eigenvalue weighted by atomic mass is 35.5. The summed E-state index contributed by atoms with van der Waals surface area (Å²) in [5, 5.41) is -0.00287. The van der Waals surface area contributed by atoms with Crippen LogP contribution in [0.4, 0.5) is 13.2 Å². The zero-order chi connectivity index (χ0) is 26.2. The molecular weight excluding hydrogens is 557 g/mol. The Labute approximate surface area is 205 Å². The van der Waals surface area contributed by atoms with E-state index in [1.165, 1.54) is 10.8 Å². The van der Waals surface area contributed by atoms with Gasteiger partial charge in [0.05, 0.1) is 23.0 Å². The molecule has 1 N–H and O–H groups in total. The van der Waals surface area contributed by atoms with Crippen LogP contribution in [0, 0.1) is 0 Å². The van der Waals surface area contributed by atoms with Gasteiger partial charge in [0.2, 0.25) is 19.9 Å². The van der Waals surface area contributed by atoms with Gasteiger partial charge in [0.25, 0.3) is 0 Å². The van der Waals surface area contributed by atoms with Gasteiger partial charge in [-0.15, -0.1) is 0 Å². The van der Waals surface area contributed by atoms with Gasteiger partial charge in [0.1, 0.15) is 4.90 Å². The van der Waals surface area contributed by atoms with Crippen molar-refractivity contribution in [1.29, 1.82) is 0 Å². The first-order valence-corrected chi connectivity index (χ1v) is 14.7. The molecule has 0 spiro atoms. The molecule has 16 heteroatoms. The molecular formula is C19H20ClF3N2O7S3. The Morgan fingerprint density at radius 1 is 0.943 bits per heavy atom. The number of ether oxygens (including phenoxy) is 1. The molecule has 9 nitrogen and oxygen atoms in total. The fourth-order valence-electron chi connectivity index (χ4n) is 3.26. The molecule has 2 aromatic rings. The third-order valence-electron chi connectivity index (χ3n) is 5.11. The predicted molar refractivity (Wildman–Crippen MR) is 119 cm³/mol. The third-order valence-corrected chi connectivity index (χ3v) is 10.5. The highest BCUT2D eigenvalue weighted by molar-refractivity contribution is 7.93. The van der Waals surface area contributed by atoms with Crippen molar-refractivity contribution < 1.29 is 43.2 Å². The predicted octanol–water partition coefficient (Wildman–Crippen LogP) is 2.69. The SMILES string of the molecule is C[C@H](NS(=O)(=O)C(F)(F)F)c1ccc(S(=O)(=O)c2ccc(Cl)cc2S(=O)(=O)N2CCOCC2)cc1. The van der Waals surface area contributed by atoms with Crippen molar-refractivity contribution in [3.8, 4) is 0 Å². The smallest absolute Gasteiger partial charge is 0.379 e. The van der Waals surface area contributed by atoms with Crippen LogP contribution in [0.25, 0.3) is 0 Å². The van der Waals surface area contributed by atoms with E-state index in [0.717, 1.165) is 47.6 Å². The molecule has 0 amide bonds. The zero-order valence-corrected chi connectivity index (χ0v) is 21.2. The van der Waals surface area contributed by atoms with Gasteiger partial charge in [0.15, 0.2) is 0 Å². The fourth-order valence-corrected chi connectivity index (χ4v) is 7.70. The van der Waals surface area contributed by atoms with Crippen molar-refractivity contribution in [3.63, 3.8) is 0 Å². The van der Waals surface area contributed by atoms with Crippen LogP contribution < -0.4 is 4.72 Å². The molecule has 0 aromatic heterocycles. The number of sulfonamides is 2. The van der Waals surface area contributed by atoms with Crippen LogP contribution in [-0.2, 0) is 34.6 Å². The molecule has 35 heavy (non-hydrogen) atoms. The van der Waals surface area contributed by atoms with Gasteiger partial charge in [-0.1, -0.05) is 23.7 Å². The van der Waals surface area contributed by atoms with E-state index in [1.54, 1.807) is 0 Å². The van der Waals surface area contributed by atoms with Gasteiger partial charge >= 0.3 is 15.5 Å². The van der Waals surface area contributed by atoms with Crippen molar-refractivity contribution >= 4 is 41.5 Å². The van der Waals surface area contributed by atoms with Crippen LogP contribution in [0.2, 0.25) is 5.02 Å². The van der Waals surface area contributed by atoms with Crippen LogP contribution >= 0.6 is 11.6 Å². The Kier molecular flexibility index (Phi) is 7.91. The molecule has 0 bridgehead atoms. The lowest BCUT2D eigenvalue weighted by molar-refractivity contribution is -0.0450. The maximum atomic E-state index is 13.3. The lowest BCUT2D eigenvalue weighted by Gasteiger charge is -2.27. The van der Waals surface area contributed by atoms with Crippen LogP contribution in [0.5, 0.6) is 0 Å². The van der Waals surface area contributed by atoms with Gasteiger partial charge in [-0.2, -0.15) is 17.5 Å². The number of rotatable bonds is 7. The van der Waals surface area contributed by atoms with E-state index in [4.69, 9.17) is 16.3 Å². The van der Waals surface area contributed by atoms with Crippen LogP contribution in [0.1, 0.15) is 18.5 Å². The Morgan fingerprint density at radius 2 is 1.51 bits per heavy atom. The number of alkyl halides is 3.